The molecule has 0 aromatic carbocycles. The van der Waals surface area contributed by atoms with Crippen LogP contribution in [0.2, 0.25) is 0 Å². The quantitative estimate of drug-likeness (QED) is 0.707. The number of nitrogens with zero attached hydrogens (tertiary/aromatic N) is 1. The summed E-state index contributed by atoms with van der Waals surface area (Å²) in [7, 11) is 0. The Morgan fingerprint density at radius 1 is 1.50 bits per heavy atom. The zero-order chi connectivity index (χ0) is 13.9. The number of aromatic nitrogens is 1. The second-order valence-corrected chi connectivity index (χ2v) is 5.18. The van der Waals surface area contributed by atoms with Gasteiger partial charge in [0, 0.05) is 17.3 Å². The normalized spacial score (nSPS) is 11.0. The number of aromatic carboxylic acids is 1. The van der Waals surface area contributed by atoms with Gasteiger partial charge in [-0.1, -0.05) is 0 Å². The van der Waals surface area contributed by atoms with Gasteiger partial charge in [-0.2, -0.15) is 0 Å². The van der Waals surface area contributed by atoms with Crippen LogP contribution in [0.3, 0.4) is 0 Å². The molecule has 18 heavy (non-hydrogen) atoms. The van der Waals surface area contributed by atoms with Gasteiger partial charge in [0.15, 0.2) is 10.7 Å². The minimum absolute atomic E-state index is 0.0180. The zero-order valence-corrected chi connectivity index (χ0v) is 10.7. The summed E-state index contributed by atoms with van der Waals surface area (Å²) < 4.78 is 0. The summed E-state index contributed by atoms with van der Waals surface area (Å²) in [6.07, 6.45) is -0.0180. The minimum Gasteiger partial charge on any atom is -0.476 e. The number of carbonyl (C=O) groups excluding carboxylic acids is 2. The minimum atomic E-state index is -1.19. The van der Waals surface area contributed by atoms with Crippen LogP contribution in [0.15, 0.2) is 5.38 Å². The van der Waals surface area contributed by atoms with E-state index in [1.807, 2.05) is 0 Å². The molecule has 0 fully saturated rings. The fourth-order valence-corrected chi connectivity index (χ4v) is 2.00. The summed E-state index contributed by atoms with van der Waals surface area (Å²) in [6, 6.07) is 0. The number of amides is 2. The van der Waals surface area contributed by atoms with E-state index in [4.69, 9.17) is 10.8 Å². The highest BCUT2D eigenvalue weighted by Gasteiger charge is 2.25. The van der Waals surface area contributed by atoms with E-state index >= 15 is 0 Å². The van der Waals surface area contributed by atoms with Gasteiger partial charge in [0.1, 0.15) is 0 Å². The molecule has 98 valence electrons. The van der Waals surface area contributed by atoms with E-state index in [0.717, 1.165) is 11.3 Å². The molecule has 0 aliphatic carbocycles. The first-order valence-electron chi connectivity index (χ1n) is 5.01. The Hall–Kier alpha value is -1.96. The Morgan fingerprint density at radius 2 is 2.11 bits per heavy atom. The van der Waals surface area contributed by atoms with Crippen molar-refractivity contribution in [2.75, 3.05) is 0 Å². The van der Waals surface area contributed by atoms with Gasteiger partial charge in [-0.25, -0.2) is 9.78 Å². The average Bonchev–Trinajstić information content (AvgIpc) is 2.62. The SMILES string of the molecule is CC(C)(CC(N)=O)NC(=O)c1nc(C(=O)O)cs1. The first-order valence-corrected chi connectivity index (χ1v) is 5.89. The fourth-order valence-electron chi connectivity index (χ4n) is 1.32. The van der Waals surface area contributed by atoms with Crippen LogP contribution < -0.4 is 11.1 Å². The van der Waals surface area contributed by atoms with Gasteiger partial charge in [-0.15, -0.1) is 11.3 Å². The molecule has 0 atom stereocenters. The smallest absolute Gasteiger partial charge is 0.355 e. The average molecular weight is 271 g/mol. The molecule has 0 unspecified atom stereocenters. The van der Waals surface area contributed by atoms with Crippen molar-refractivity contribution in [2.45, 2.75) is 25.8 Å². The lowest BCUT2D eigenvalue weighted by Gasteiger charge is -2.23. The third kappa shape index (κ3) is 3.81. The Bertz CT molecular complexity index is 495. The van der Waals surface area contributed by atoms with Gasteiger partial charge in [0.25, 0.3) is 5.91 Å². The van der Waals surface area contributed by atoms with Crippen molar-refractivity contribution in [2.24, 2.45) is 5.73 Å². The number of rotatable bonds is 5. The van der Waals surface area contributed by atoms with Crippen molar-refractivity contribution in [1.82, 2.24) is 10.3 Å². The highest BCUT2D eigenvalue weighted by molar-refractivity contribution is 7.11. The van der Waals surface area contributed by atoms with Crippen LogP contribution in [-0.4, -0.2) is 33.4 Å². The van der Waals surface area contributed by atoms with Gasteiger partial charge in [0.05, 0.1) is 0 Å². The van der Waals surface area contributed by atoms with E-state index in [-0.39, 0.29) is 17.1 Å². The van der Waals surface area contributed by atoms with Gasteiger partial charge in [-0.05, 0) is 13.8 Å². The van der Waals surface area contributed by atoms with Crippen LogP contribution in [0.25, 0.3) is 0 Å². The summed E-state index contributed by atoms with van der Waals surface area (Å²) in [5.74, 6) is -2.26. The number of primary amides is 1. The molecule has 0 saturated carbocycles. The van der Waals surface area contributed by atoms with E-state index in [0.29, 0.717) is 0 Å². The molecule has 0 aliphatic rings. The molecule has 0 saturated heterocycles. The lowest BCUT2D eigenvalue weighted by atomic mass is 10.0. The third-order valence-corrected chi connectivity index (χ3v) is 2.83. The van der Waals surface area contributed by atoms with Crippen molar-refractivity contribution >= 4 is 29.1 Å². The molecule has 0 radical (unpaired) electrons. The molecule has 0 bridgehead atoms. The molecule has 0 spiro atoms. The van der Waals surface area contributed by atoms with Crippen molar-refractivity contribution in [3.8, 4) is 0 Å². The van der Waals surface area contributed by atoms with E-state index in [1.54, 1.807) is 13.8 Å². The first-order chi connectivity index (χ1) is 8.21. The lowest BCUT2D eigenvalue weighted by molar-refractivity contribution is -0.119. The Balaban J connectivity index is 2.75. The number of thiazole rings is 1. The molecule has 8 heteroatoms. The van der Waals surface area contributed by atoms with Crippen LogP contribution >= 0.6 is 11.3 Å². The molecule has 1 rings (SSSR count). The summed E-state index contributed by atoms with van der Waals surface area (Å²) in [5, 5.41) is 12.6. The summed E-state index contributed by atoms with van der Waals surface area (Å²) in [5.41, 5.74) is 4.07. The summed E-state index contributed by atoms with van der Waals surface area (Å²) >= 11 is 0.925. The zero-order valence-electron chi connectivity index (χ0n) is 9.89. The lowest BCUT2D eigenvalue weighted by Crippen LogP contribution is -2.46. The number of carboxylic acid groups (broad SMARTS) is 1. The van der Waals surface area contributed by atoms with Gasteiger partial charge >= 0.3 is 5.97 Å². The maximum Gasteiger partial charge on any atom is 0.355 e. The molecule has 0 aliphatic heterocycles. The molecule has 4 N–H and O–H groups in total. The molecule has 1 aromatic heterocycles. The predicted octanol–water partition coefficient (Wildman–Crippen LogP) is 0.225. The Labute approximate surface area is 107 Å². The highest BCUT2D eigenvalue weighted by atomic mass is 32.1. The second-order valence-electron chi connectivity index (χ2n) is 4.32. The predicted molar refractivity (Wildman–Crippen MR) is 64.4 cm³/mol. The van der Waals surface area contributed by atoms with Crippen molar-refractivity contribution < 1.29 is 19.5 Å². The first kappa shape index (κ1) is 14.1. The molecule has 7 nitrogen and oxygen atoms in total. The Morgan fingerprint density at radius 3 is 2.56 bits per heavy atom. The molecule has 1 heterocycles. The second kappa shape index (κ2) is 5.13. The standard InChI is InChI=1S/C10H13N3O4S/c1-10(2,3-6(11)14)13-7(15)8-12-5(4-18-8)9(16)17/h4H,3H2,1-2H3,(H2,11,14)(H,13,15)(H,16,17). The third-order valence-electron chi connectivity index (χ3n) is 1.99. The number of carbonyl (C=O) groups is 3. The molecule has 1 aromatic rings. The summed E-state index contributed by atoms with van der Waals surface area (Å²) in [6.45, 7) is 3.28. The number of hydrogen-bond acceptors (Lipinski definition) is 5. The van der Waals surface area contributed by atoms with E-state index in [9.17, 15) is 14.4 Å². The Kier molecular flexibility index (Phi) is 4.02. The number of carboxylic acids is 1. The molecular weight excluding hydrogens is 258 g/mol. The molecular formula is C10H13N3O4S. The van der Waals surface area contributed by atoms with E-state index < -0.39 is 23.3 Å². The van der Waals surface area contributed by atoms with Crippen molar-refractivity contribution in [1.29, 1.82) is 0 Å². The maximum atomic E-state index is 11.8. The number of hydrogen-bond donors (Lipinski definition) is 3. The fraction of sp³-hybridized carbons (Fsp3) is 0.400. The largest absolute Gasteiger partial charge is 0.476 e. The van der Waals surface area contributed by atoms with Crippen molar-refractivity contribution in [3.05, 3.63) is 16.1 Å². The van der Waals surface area contributed by atoms with E-state index in [2.05, 4.69) is 10.3 Å². The maximum absolute atomic E-state index is 11.8. The topological polar surface area (TPSA) is 122 Å². The van der Waals surface area contributed by atoms with Crippen LogP contribution in [0.4, 0.5) is 0 Å². The van der Waals surface area contributed by atoms with Crippen molar-refractivity contribution in [3.63, 3.8) is 0 Å². The highest BCUT2D eigenvalue weighted by Crippen LogP contribution is 2.13. The van der Waals surface area contributed by atoms with Crippen LogP contribution in [0.1, 0.15) is 40.6 Å². The van der Waals surface area contributed by atoms with Crippen LogP contribution in [0, 0.1) is 0 Å². The van der Waals surface area contributed by atoms with Crippen LogP contribution in [0.5, 0.6) is 0 Å². The van der Waals surface area contributed by atoms with Gasteiger partial charge < -0.3 is 16.2 Å². The van der Waals surface area contributed by atoms with E-state index in [1.165, 1.54) is 5.38 Å². The number of nitrogens with two attached hydrogens (primary N) is 1. The van der Waals surface area contributed by atoms with Gasteiger partial charge in [0.2, 0.25) is 5.91 Å². The van der Waals surface area contributed by atoms with Gasteiger partial charge in [-0.3, -0.25) is 9.59 Å². The molecule has 2 amide bonds. The summed E-state index contributed by atoms with van der Waals surface area (Å²) in [4.78, 5) is 36.9. The monoisotopic (exact) mass is 271 g/mol. The number of nitrogens with one attached hydrogen (secondary N) is 1. The van der Waals surface area contributed by atoms with Crippen LogP contribution in [-0.2, 0) is 4.79 Å².